The van der Waals surface area contributed by atoms with Gasteiger partial charge in [0.05, 0.1) is 0 Å². The molecule has 1 aliphatic carbocycles. The highest BCUT2D eigenvalue weighted by molar-refractivity contribution is 5.04. The van der Waals surface area contributed by atoms with E-state index >= 15 is 0 Å². The predicted molar refractivity (Wildman–Crippen MR) is 69.6 cm³/mol. The van der Waals surface area contributed by atoms with Crippen molar-refractivity contribution in [1.82, 2.24) is 10.2 Å². The third kappa shape index (κ3) is 2.49. The van der Waals surface area contributed by atoms with Crippen LogP contribution in [0.3, 0.4) is 0 Å². The van der Waals surface area contributed by atoms with E-state index in [-0.39, 0.29) is 0 Å². The fourth-order valence-corrected chi connectivity index (χ4v) is 3.00. The molecule has 2 unspecified atom stereocenters. The number of nitrogens with zero attached hydrogens (tertiary/aromatic N) is 1. The Balaban J connectivity index is 1.96. The third-order valence-electron chi connectivity index (χ3n) is 4.36. The Morgan fingerprint density at radius 1 is 1.50 bits per heavy atom. The van der Waals surface area contributed by atoms with E-state index in [1.807, 2.05) is 6.08 Å². The predicted octanol–water partition coefficient (Wildman–Crippen LogP) is 2.42. The van der Waals surface area contributed by atoms with Crippen LogP contribution in [-0.4, -0.2) is 36.1 Å². The van der Waals surface area contributed by atoms with Gasteiger partial charge in [0.1, 0.15) is 0 Å². The first-order valence-corrected chi connectivity index (χ1v) is 6.79. The standard InChI is InChI=1S/C14H26N2/c1-4-6-9-16-11-14(3,12-7-8-12)15-10-13(16)5-2/h4,12-13,15H,1,5-11H2,2-3H3. The van der Waals surface area contributed by atoms with Crippen molar-refractivity contribution in [3.63, 3.8) is 0 Å². The zero-order chi connectivity index (χ0) is 11.6. The van der Waals surface area contributed by atoms with Crippen molar-refractivity contribution in [2.24, 2.45) is 5.92 Å². The first kappa shape index (κ1) is 12.1. The van der Waals surface area contributed by atoms with Gasteiger partial charge in [0.2, 0.25) is 0 Å². The summed E-state index contributed by atoms with van der Waals surface area (Å²) in [6.07, 6.45) is 7.27. The lowest BCUT2D eigenvalue weighted by Gasteiger charge is -2.46. The summed E-state index contributed by atoms with van der Waals surface area (Å²) >= 11 is 0. The van der Waals surface area contributed by atoms with Gasteiger partial charge in [-0.15, -0.1) is 6.58 Å². The van der Waals surface area contributed by atoms with Gasteiger partial charge in [-0.25, -0.2) is 0 Å². The quantitative estimate of drug-likeness (QED) is 0.719. The highest BCUT2D eigenvalue weighted by Gasteiger charge is 2.45. The monoisotopic (exact) mass is 222 g/mol. The molecular formula is C14H26N2. The van der Waals surface area contributed by atoms with Gasteiger partial charge >= 0.3 is 0 Å². The second kappa shape index (κ2) is 4.89. The molecule has 2 atom stereocenters. The summed E-state index contributed by atoms with van der Waals surface area (Å²) in [7, 11) is 0. The molecule has 0 spiro atoms. The average molecular weight is 222 g/mol. The SMILES string of the molecule is C=CCCN1CC(C)(C2CC2)NCC1CC. The topological polar surface area (TPSA) is 15.3 Å². The highest BCUT2D eigenvalue weighted by atomic mass is 15.3. The summed E-state index contributed by atoms with van der Waals surface area (Å²) in [6, 6.07) is 0.728. The van der Waals surface area contributed by atoms with Gasteiger partial charge in [0.25, 0.3) is 0 Å². The molecule has 92 valence electrons. The number of piperazine rings is 1. The van der Waals surface area contributed by atoms with Gasteiger partial charge < -0.3 is 5.32 Å². The Morgan fingerprint density at radius 2 is 2.25 bits per heavy atom. The summed E-state index contributed by atoms with van der Waals surface area (Å²) in [5.74, 6) is 0.927. The van der Waals surface area contributed by atoms with E-state index in [9.17, 15) is 0 Å². The molecule has 1 saturated heterocycles. The minimum atomic E-state index is 0.382. The Labute approximate surface area is 100 Å². The first-order valence-electron chi connectivity index (χ1n) is 6.79. The molecule has 0 amide bonds. The Kier molecular flexibility index (Phi) is 3.70. The van der Waals surface area contributed by atoms with Crippen molar-refractivity contribution in [2.45, 2.75) is 51.1 Å². The normalized spacial score (nSPS) is 36.2. The Hall–Kier alpha value is -0.340. The van der Waals surface area contributed by atoms with Crippen LogP contribution in [0.25, 0.3) is 0 Å². The van der Waals surface area contributed by atoms with Crippen molar-refractivity contribution in [2.75, 3.05) is 19.6 Å². The van der Waals surface area contributed by atoms with E-state index in [0.29, 0.717) is 5.54 Å². The van der Waals surface area contributed by atoms with Crippen molar-refractivity contribution in [3.05, 3.63) is 12.7 Å². The second-order valence-corrected chi connectivity index (χ2v) is 5.68. The van der Waals surface area contributed by atoms with Crippen LogP contribution in [0.15, 0.2) is 12.7 Å². The fourth-order valence-electron chi connectivity index (χ4n) is 3.00. The second-order valence-electron chi connectivity index (χ2n) is 5.68. The number of rotatable bonds is 5. The molecule has 2 fully saturated rings. The van der Waals surface area contributed by atoms with Crippen molar-refractivity contribution in [3.8, 4) is 0 Å². The maximum absolute atomic E-state index is 3.84. The molecule has 0 radical (unpaired) electrons. The maximum atomic E-state index is 3.84. The lowest BCUT2D eigenvalue weighted by Crippen LogP contribution is -2.63. The summed E-state index contributed by atoms with van der Waals surface area (Å²) in [6.45, 7) is 12.1. The molecule has 0 aromatic rings. The van der Waals surface area contributed by atoms with Crippen molar-refractivity contribution in [1.29, 1.82) is 0 Å². The molecule has 1 saturated carbocycles. The molecule has 2 heteroatoms. The van der Waals surface area contributed by atoms with Crippen LogP contribution in [0.1, 0.15) is 39.5 Å². The minimum Gasteiger partial charge on any atom is -0.308 e. The number of nitrogens with one attached hydrogen (secondary N) is 1. The minimum absolute atomic E-state index is 0.382. The first-order chi connectivity index (χ1) is 7.69. The largest absolute Gasteiger partial charge is 0.308 e. The molecule has 1 N–H and O–H groups in total. The molecule has 2 rings (SSSR count). The van der Waals surface area contributed by atoms with E-state index in [4.69, 9.17) is 0 Å². The van der Waals surface area contributed by atoms with Gasteiger partial charge in [0, 0.05) is 31.2 Å². The van der Waals surface area contributed by atoms with Gasteiger partial charge in [-0.1, -0.05) is 13.0 Å². The Bertz CT molecular complexity index is 247. The molecule has 2 aliphatic rings. The summed E-state index contributed by atoms with van der Waals surface area (Å²) in [4.78, 5) is 2.68. The van der Waals surface area contributed by atoms with Gasteiger partial charge in [0.15, 0.2) is 0 Å². The molecule has 0 aromatic carbocycles. The Morgan fingerprint density at radius 3 is 2.81 bits per heavy atom. The molecule has 0 bridgehead atoms. The summed E-state index contributed by atoms with van der Waals surface area (Å²) in [5, 5.41) is 3.80. The van der Waals surface area contributed by atoms with Crippen LogP contribution in [0.2, 0.25) is 0 Å². The maximum Gasteiger partial charge on any atom is 0.0309 e. The summed E-state index contributed by atoms with van der Waals surface area (Å²) in [5.41, 5.74) is 0.382. The van der Waals surface area contributed by atoms with Gasteiger partial charge in [-0.2, -0.15) is 0 Å². The van der Waals surface area contributed by atoms with Crippen molar-refractivity contribution >= 4 is 0 Å². The number of hydrogen-bond donors (Lipinski definition) is 1. The van der Waals surface area contributed by atoms with Crippen LogP contribution in [0.5, 0.6) is 0 Å². The van der Waals surface area contributed by atoms with Crippen LogP contribution in [0, 0.1) is 5.92 Å². The lowest BCUT2D eigenvalue weighted by atomic mass is 9.90. The van der Waals surface area contributed by atoms with Gasteiger partial charge in [-0.05, 0) is 38.5 Å². The smallest absolute Gasteiger partial charge is 0.0309 e. The molecule has 16 heavy (non-hydrogen) atoms. The van der Waals surface area contributed by atoms with E-state index in [0.717, 1.165) is 18.4 Å². The zero-order valence-corrected chi connectivity index (χ0v) is 10.8. The van der Waals surface area contributed by atoms with E-state index in [2.05, 4.69) is 30.6 Å². The molecular weight excluding hydrogens is 196 g/mol. The van der Waals surface area contributed by atoms with Crippen molar-refractivity contribution < 1.29 is 0 Å². The highest BCUT2D eigenvalue weighted by Crippen LogP contribution is 2.41. The van der Waals surface area contributed by atoms with Crippen LogP contribution in [-0.2, 0) is 0 Å². The van der Waals surface area contributed by atoms with Crippen LogP contribution >= 0.6 is 0 Å². The zero-order valence-electron chi connectivity index (χ0n) is 10.8. The average Bonchev–Trinajstić information content (AvgIpc) is 3.10. The van der Waals surface area contributed by atoms with Crippen LogP contribution in [0.4, 0.5) is 0 Å². The molecule has 0 aromatic heterocycles. The molecule has 1 heterocycles. The van der Waals surface area contributed by atoms with E-state index in [1.54, 1.807) is 0 Å². The molecule has 1 aliphatic heterocycles. The lowest BCUT2D eigenvalue weighted by molar-refractivity contribution is 0.0745. The third-order valence-corrected chi connectivity index (χ3v) is 4.36. The van der Waals surface area contributed by atoms with Crippen LogP contribution < -0.4 is 5.32 Å². The fraction of sp³-hybridized carbons (Fsp3) is 0.857. The van der Waals surface area contributed by atoms with E-state index < -0.39 is 0 Å². The summed E-state index contributed by atoms with van der Waals surface area (Å²) < 4.78 is 0. The number of hydrogen-bond acceptors (Lipinski definition) is 2. The van der Waals surface area contributed by atoms with E-state index in [1.165, 1.54) is 38.9 Å². The molecule has 2 nitrogen and oxygen atoms in total. The van der Waals surface area contributed by atoms with Gasteiger partial charge in [-0.3, -0.25) is 4.90 Å².